The molecule has 2 heterocycles. The SMILES string of the molecule is COC1CCN(c2csc(C=O)c2)CC1. The van der Waals surface area contributed by atoms with Gasteiger partial charge in [-0.15, -0.1) is 11.3 Å². The van der Waals surface area contributed by atoms with Crippen molar-refractivity contribution >= 4 is 23.3 Å². The van der Waals surface area contributed by atoms with Crippen molar-refractivity contribution in [1.29, 1.82) is 0 Å². The number of anilines is 1. The molecule has 0 unspecified atom stereocenters. The number of ether oxygens (including phenoxy) is 1. The van der Waals surface area contributed by atoms with E-state index in [4.69, 9.17) is 4.74 Å². The fourth-order valence-electron chi connectivity index (χ4n) is 1.92. The third kappa shape index (κ3) is 2.38. The van der Waals surface area contributed by atoms with E-state index in [0.29, 0.717) is 6.10 Å². The molecular formula is C11H15NO2S. The molecule has 0 amide bonds. The lowest BCUT2D eigenvalue weighted by molar-refractivity contribution is 0.0819. The molecule has 0 atom stereocenters. The molecule has 1 aromatic heterocycles. The van der Waals surface area contributed by atoms with Gasteiger partial charge in [0.1, 0.15) is 0 Å². The van der Waals surface area contributed by atoms with Crippen LogP contribution in [0.5, 0.6) is 0 Å². The normalized spacial score (nSPS) is 18.1. The molecule has 0 spiro atoms. The van der Waals surface area contributed by atoms with Crippen molar-refractivity contribution in [2.24, 2.45) is 0 Å². The summed E-state index contributed by atoms with van der Waals surface area (Å²) in [6.45, 7) is 2.04. The van der Waals surface area contributed by atoms with Crippen molar-refractivity contribution in [3.8, 4) is 0 Å². The van der Waals surface area contributed by atoms with Crippen LogP contribution < -0.4 is 4.90 Å². The molecule has 1 fully saturated rings. The maximum Gasteiger partial charge on any atom is 0.160 e. The molecule has 4 heteroatoms. The molecule has 1 aliphatic rings. The number of piperidine rings is 1. The number of nitrogens with zero attached hydrogens (tertiary/aromatic N) is 1. The monoisotopic (exact) mass is 225 g/mol. The van der Waals surface area contributed by atoms with Gasteiger partial charge in [-0.2, -0.15) is 0 Å². The standard InChI is InChI=1S/C11H15NO2S/c1-14-10-2-4-12(5-3-10)9-6-11(7-13)15-8-9/h6-8,10H,2-5H2,1H3. The third-order valence-electron chi connectivity index (χ3n) is 2.86. The van der Waals surface area contributed by atoms with Crippen molar-refractivity contribution < 1.29 is 9.53 Å². The van der Waals surface area contributed by atoms with Crippen LogP contribution in [0.4, 0.5) is 5.69 Å². The number of hydrogen-bond acceptors (Lipinski definition) is 4. The van der Waals surface area contributed by atoms with Gasteiger partial charge in [-0.05, 0) is 18.9 Å². The van der Waals surface area contributed by atoms with E-state index < -0.39 is 0 Å². The molecule has 1 saturated heterocycles. The number of rotatable bonds is 3. The van der Waals surface area contributed by atoms with Crippen LogP contribution in [0, 0.1) is 0 Å². The lowest BCUT2D eigenvalue weighted by atomic mass is 10.1. The van der Waals surface area contributed by atoms with Crippen molar-refractivity contribution in [1.82, 2.24) is 0 Å². The van der Waals surface area contributed by atoms with Gasteiger partial charge in [-0.25, -0.2) is 0 Å². The molecule has 1 aromatic rings. The van der Waals surface area contributed by atoms with Gasteiger partial charge in [0, 0.05) is 31.3 Å². The van der Waals surface area contributed by atoms with Crippen LogP contribution in [0.25, 0.3) is 0 Å². The van der Waals surface area contributed by atoms with Crippen LogP contribution >= 0.6 is 11.3 Å². The lowest BCUT2D eigenvalue weighted by Crippen LogP contribution is -2.36. The average molecular weight is 225 g/mol. The Labute approximate surface area is 93.7 Å². The summed E-state index contributed by atoms with van der Waals surface area (Å²) in [4.78, 5) is 13.7. The van der Waals surface area contributed by atoms with Gasteiger partial charge >= 0.3 is 0 Å². The molecule has 15 heavy (non-hydrogen) atoms. The Morgan fingerprint density at radius 2 is 2.27 bits per heavy atom. The van der Waals surface area contributed by atoms with E-state index in [2.05, 4.69) is 10.3 Å². The van der Waals surface area contributed by atoms with E-state index in [9.17, 15) is 4.79 Å². The van der Waals surface area contributed by atoms with E-state index in [1.54, 1.807) is 7.11 Å². The quantitative estimate of drug-likeness (QED) is 0.738. The van der Waals surface area contributed by atoms with Crippen LogP contribution in [0.1, 0.15) is 22.5 Å². The summed E-state index contributed by atoms with van der Waals surface area (Å²) >= 11 is 1.51. The highest BCUT2D eigenvalue weighted by molar-refractivity contribution is 7.12. The third-order valence-corrected chi connectivity index (χ3v) is 3.71. The van der Waals surface area contributed by atoms with Crippen molar-refractivity contribution in [2.45, 2.75) is 18.9 Å². The maximum atomic E-state index is 10.6. The predicted octanol–water partition coefficient (Wildman–Crippen LogP) is 2.18. The smallest absolute Gasteiger partial charge is 0.160 e. The molecular weight excluding hydrogens is 210 g/mol. The number of hydrogen-bond donors (Lipinski definition) is 0. The van der Waals surface area contributed by atoms with E-state index in [-0.39, 0.29) is 0 Å². The number of carbonyl (C=O) groups is 1. The summed E-state index contributed by atoms with van der Waals surface area (Å²) < 4.78 is 5.32. The zero-order valence-corrected chi connectivity index (χ0v) is 9.63. The van der Waals surface area contributed by atoms with Crippen LogP contribution in [-0.2, 0) is 4.74 Å². The van der Waals surface area contributed by atoms with Crippen LogP contribution in [0.15, 0.2) is 11.4 Å². The topological polar surface area (TPSA) is 29.5 Å². The minimum Gasteiger partial charge on any atom is -0.381 e. The van der Waals surface area contributed by atoms with Crippen molar-refractivity contribution in [3.63, 3.8) is 0 Å². The first-order valence-corrected chi connectivity index (χ1v) is 6.03. The highest BCUT2D eigenvalue weighted by Crippen LogP contribution is 2.25. The molecule has 0 radical (unpaired) electrons. The molecule has 2 rings (SSSR count). The Morgan fingerprint density at radius 3 is 2.80 bits per heavy atom. The Bertz CT molecular complexity index is 329. The van der Waals surface area contributed by atoms with Gasteiger partial charge in [-0.3, -0.25) is 4.79 Å². The second kappa shape index (κ2) is 4.77. The number of carbonyl (C=O) groups excluding carboxylic acids is 1. The summed E-state index contributed by atoms with van der Waals surface area (Å²) in [6.07, 6.45) is 3.46. The van der Waals surface area contributed by atoms with Gasteiger partial charge in [0.25, 0.3) is 0 Å². The molecule has 0 N–H and O–H groups in total. The van der Waals surface area contributed by atoms with Gasteiger partial charge in [0.2, 0.25) is 0 Å². The number of methoxy groups -OCH3 is 1. The first-order chi connectivity index (χ1) is 7.33. The van der Waals surface area contributed by atoms with E-state index in [1.165, 1.54) is 17.0 Å². The molecule has 82 valence electrons. The Kier molecular flexibility index (Phi) is 3.38. The number of thiophene rings is 1. The first kappa shape index (κ1) is 10.6. The maximum absolute atomic E-state index is 10.6. The van der Waals surface area contributed by atoms with Crippen LogP contribution in [0.3, 0.4) is 0 Å². The number of aldehydes is 1. The minimum atomic E-state index is 0.408. The molecule has 0 bridgehead atoms. The zero-order valence-electron chi connectivity index (χ0n) is 8.81. The largest absolute Gasteiger partial charge is 0.381 e. The van der Waals surface area contributed by atoms with Crippen molar-refractivity contribution in [3.05, 3.63) is 16.3 Å². The summed E-state index contributed by atoms with van der Waals surface area (Å²) in [5, 5.41) is 2.05. The fraction of sp³-hybridized carbons (Fsp3) is 0.545. The average Bonchev–Trinajstić information content (AvgIpc) is 2.78. The predicted molar refractivity (Wildman–Crippen MR) is 62.0 cm³/mol. The van der Waals surface area contributed by atoms with E-state index in [1.807, 2.05) is 6.07 Å². The van der Waals surface area contributed by atoms with Gasteiger partial charge < -0.3 is 9.64 Å². The lowest BCUT2D eigenvalue weighted by Gasteiger charge is -2.32. The molecule has 0 aliphatic carbocycles. The molecule has 3 nitrogen and oxygen atoms in total. The minimum absolute atomic E-state index is 0.408. The van der Waals surface area contributed by atoms with Crippen molar-refractivity contribution in [2.75, 3.05) is 25.1 Å². The Balaban J connectivity index is 1.97. The summed E-state index contributed by atoms with van der Waals surface area (Å²) in [7, 11) is 1.77. The second-order valence-corrected chi connectivity index (χ2v) is 4.69. The zero-order chi connectivity index (χ0) is 10.7. The first-order valence-electron chi connectivity index (χ1n) is 5.15. The summed E-state index contributed by atoms with van der Waals surface area (Å²) in [5.41, 5.74) is 1.18. The molecule has 0 saturated carbocycles. The van der Waals surface area contributed by atoms with Gasteiger partial charge in [0.05, 0.1) is 11.0 Å². The van der Waals surface area contributed by atoms with Crippen LogP contribution in [0.2, 0.25) is 0 Å². The van der Waals surface area contributed by atoms with Gasteiger partial charge in [0.15, 0.2) is 6.29 Å². The molecule has 1 aliphatic heterocycles. The van der Waals surface area contributed by atoms with E-state index >= 15 is 0 Å². The second-order valence-electron chi connectivity index (χ2n) is 3.75. The Hall–Kier alpha value is -0.870. The summed E-state index contributed by atoms with van der Waals surface area (Å²) in [5.74, 6) is 0. The van der Waals surface area contributed by atoms with E-state index in [0.717, 1.165) is 37.1 Å². The highest BCUT2D eigenvalue weighted by Gasteiger charge is 2.19. The summed E-state index contributed by atoms with van der Waals surface area (Å²) in [6, 6.07) is 1.96. The Morgan fingerprint density at radius 1 is 1.53 bits per heavy atom. The fourth-order valence-corrected chi connectivity index (χ4v) is 2.64. The van der Waals surface area contributed by atoms with Gasteiger partial charge in [-0.1, -0.05) is 0 Å². The van der Waals surface area contributed by atoms with Crippen LogP contribution in [-0.4, -0.2) is 32.6 Å². The highest BCUT2D eigenvalue weighted by atomic mass is 32.1. The molecule has 0 aromatic carbocycles.